The summed E-state index contributed by atoms with van der Waals surface area (Å²) < 4.78 is 43.9. The van der Waals surface area contributed by atoms with Crippen LogP contribution in [-0.2, 0) is 23.0 Å². The molecule has 10 nitrogen and oxygen atoms in total. The van der Waals surface area contributed by atoms with E-state index in [-0.39, 0.29) is 41.8 Å². The van der Waals surface area contributed by atoms with E-state index in [1.165, 1.54) is 27.4 Å². The van der Waals surface area contributed by atoms with E-state index in [1.807, 2.05) is 13.0 Å². The molecule has 0 amide bonds. The molecule has 12 heteroatoms. The van der Waals surface area contributed by atoms with Crippen LogP contribution in [-0.4, -0.2) is 61.4 Å². The molecule has 4 heterocycles. The Morgan fingerprint density at radius 2 is 1.92 bits per heavy atom. The Balaban J connectivity index is 1.42. The summed E-state index contributed by atoms with van der Waals surface area (Å²) in [4.78, 5) is 19.8. The number of hydrogen-bond acceptors (Lipinski definition) is 7. The summed E-state index contributed by atoms with van der Waals surface area (Å²) >= 11 is 0. The van der Waals surface area contributed by atoms with E-state index in [0.717, 1.165) is 23.3 Å². The molecule has 1 aromatic carbocycles. The lowest BCUT2D eigenvalue weighted by Crippen LogP contribution is -2.53. The molecule has 1 saturated heterocycles. The standard InChI is InChI=1S/C27H26FN7O3S/c1-2-12-34-30-17-25(32-34)39(37,38)33-13-10-20-14-24-19(16-31-35(24)22-8-6-21(28)7-9-22)15-27(20,18-33)26(36)23-5-3-4-11-29-23/h3-9,11,14,16-17H,2,10,12-13,15,18H2,1H3/t27-/m0/s1. The Kier molecular flexibility index (Phi) is 6.23. The molecule has 0 spiro atoms. The van der Waals surface area contributed by atoms with Gasteiger partial charge < -0.3 is 0 Å². The van der Waals surface area contributed by atoms with Gasteiger partial charge in [-0.2, -0.15) is 19.3 Å². The first kappa shape index (κ1) is 25.3. The van der Waals surface area contributed by atoms with Gasteiger partial charge in [-0.15, -0.1) is 5.10 Å². The normalized spacial score (nSPS) is 19.3. The predicted octanol–water partition coefficient (Wildman–Crippen LogP) is 3.31. The molecule has 1 atom stereocenters. The zero-order valence-electron chi connectivity index (χ0n) is 21.2. The third-order valence-electron chi connectivity index (χ3n) is 7.33. The number of fused-ring (bicyclic) bond motifs is 2. The highest BCUT2D eigenvalue weighted by atomic mass is 32.2. The summed E-state index contributed by atoms with van der Waals surface area (Å²) in [5.74, 6) is -0.592. The Bertz CT molecular complexity index is 1680. The van der Waals surface area contributed by atoms with Crippen LogP contribution in [0.5, 0.6) is 0 Å². The first-order valence-electron chi connectivity index (χ1n) is 12.7. The van der Waals surface area contributed by atoms with E-state index in [4.69, 9.17) is 0 Å². The van der Waals surface area contributed by atoms with Gasteiger partial charge >= 0.3 is 0 Å². The zero-order chi connectivity index (χ0) is 27.2. The Hall–Kier alpha value is -4.03. The minimum Gasteiger partial charge on any atom is -0.291 e. The van der Waals surface area contributed by atoms with E-state index in [1.54, 1.807) is 47.4 Å². The van der Waals surface area contributed by atoms with Gasteiger partial charge in [0.25, 0.3) is 10.0 Å². The second-order valence-electron chi connectivity index (χ2n) is 9.78. The monoisotopic (exact) mass is 547 g/mol. The summed E-state index contributed by atoms with van der Waals surface area (Å²) in [6.07, 6.45) is 7.78. The summed E-state index contributed by atoms with van der Waals surface area (Å²) in [5, 5.41) is 12.7. The molecule has 0 unspecified atom stereocenters. The number of pyridine rings is 1. The molecule has 0 N–H and O–H groups in total. The molecule has 1 aliphatic heterocycles. The molecule has 1 aliphatic carbocycles. The lowest BCUT2D eigenvalue weighted by atomic mass is 9.65. The van der Waals surface area contributed by atoms with Crippen molar-refractivity contribution in [2.45, 2.75) is 37.8 Å². The quantitative estimate of drug-likeness (QED) is 0.326. The number of hydrogen-bond donors (Lipinski definition) is 0. The molecule has 6 rings (SSSR count). The lowest BCUT2D eigenvalue weighted by Gasteiger charge is -2.44. The Morgan fingerprint density at radius 1 is 1.10 bits per heavy atom. The van der Waals surface area contributed by atoms with Gasteiger partial charge in [-0.05, 0) is 67.3 Å². The van der Waals surface area contributed by atoms with E-state index < -0.39 is 15.4 Å². The number of aromatic nitrogens is 6. The van der Waals surface area contributed by atoms with Crippen LogP contribution in [0, 0.1) is 11.2 Å². The van der Waals surface area contributed by atoms with Gasteiger partial charge in [0.2, 0.25) is 5.03 Å². The van der Waals surface area contributed by atoms with Crippen LogP contribution in [0.2, 0.25) is 0 Å². The van der Waals surface area contributed by atoms with Crippen LogP contribution < -0.4 is 0 Å². The smallest absolute Gasteiger partial charge is 0.264 e. The van der Waals surface area contributed by atoms with Crippen LogP contribution in [0.25, 0.3) is 11.8 Å². The topological polar surface area (TPSA) is 116 Å². The number of nitrogens with zero attached hydrogens (tertiary/aromatic N) is 7. The molecule has 200 valence electrons. The van der Waals surface area contributed by atoms with Crippen molar-refractivity contribution >= 4 is 21.9 Å². The van der Waals surface area contributed by atoms with Gasteiger partial charge in [-0.3, -0.25) is 9.78 Å². The maximum atomic E-state index is 14.2. The number of rotatable bonds is 7. The third kappa shape index (κ3) is 4.29. The lowest BCUT2D eigenvalue weighted by molar-refractivity contribution is 0.0770. The van der Waals surface area contributed by atoms with Crippen molar-refractivity contribution in [3.05, 3.63) is 89.4 Å². The molecule has 3 aromatic heterocycles. The Morgan fingerprint density at radius 3 is 2.67 bits per heavy atom. The number of benzene rings is 1. The van der Waals surface area contributed by atoms with Crippen LogP contribution in [0.15, 0.2) is 71.7 Å². The van der Waals surface area contributed by atoms with Crippen molar-refractivity contribution in [2.75, 3.05) is 13.1 Å². The van der Waals surface area contributed by atoms with Gasteiger partial charge in [0, 0.05) is 19.3 Å². The number of aryl methyl sites for hydroxylation is 1. The zero-order valence-corrected chi connectivity index (χ0v) is 22.1. The van der Waals surface area contributed by atoms with E-state index >= 15 is 0 Å². The van der Waals surface area contributed by atoms with Crippen molar-refractivity contribution in [3.8, 4) is 5.69 Å². The number of sulfonamides is 1. The molecule has 0 saturated carbocycles. The number of ketones is 1. The molecule has 4 aromatic rings. The summed E-state index contributed by atoms with van der Waals surface area (Å²) in [6, 6.07) is 11.1. The highest BCUT2D eigenvalue weighted by Crippen LogP contribution is 2.47. The van der Waals surface area contributed by atoms with Crippen molar-refractivity contribution in [1.82, 2.24) is 34.1 Å². The number of Topliss-reactive ketones (excluding diaryl/α,β-unsaturated/α-hetero) is 1. The molecular formula is C27H26FN7O3S. The number of carbonyl (C=O) groups is 1. The van der Waals surface area contributed by atoms with Crippen LogP contribution in [0.3, 0.4) is 0 Å². The van der Waals surface area contributed by atoms with Crippen LogP contribution >= 0.6 is 0 Å². The fourth-order valence-electron chi connectivity index (χ4n) is 5.39. The summed E-state index contributed by atoms with van der Waals surface area (Å²) in [6.45, 7) is 2.59. The minimum absolute atomic E-state index is 0.0572. The SMILES string of the molecule is CCCn1ncc(S(=O)(=O)N2CCC3=Cc4c(cnn4-c4ccc(F)cc4)C[C@]3(C(=O)c3ccccn3)C2)n1. The minimum atomic E-state index is -4.00. The highest BCUT2D eigenvalue weighted by Gasteiger charge is 2.51. The number of piperidine rings is 1. The molecular weight excluding hydrogens is 521 g/mol. The van der Waals surface area contributed by atoms with Gasteiger partial charge in [0.1, 0.15) is 11.5 Å². The number of carbonyl (C=O) groups excluding carboxylic acids is 1. The largest absolute Gasteiger partial charge is 0.291 e. The van der Waals surface area contributed by atoms with Crippen molar-refractivity contribution in [1.29, 1.82) is 0 Å². The van der Waals surface area contributed by atoms with Crippen LogP contribution in [0.1, 0.15) is 41.5 Å². The highest BCUT2D eigenvalue weighted by molar-refractivity contribution is 7.89. The van der Waals surface area contributed by atoms with Crippen molar-refractivity contribution < 1.29 is 17.6 Å². The van der Waals surface area contributed by atoms with Gasteiger partial charge in [-0.25, -0.2) is 17.5 Å². The van der Waals surface area contributed by atoms with E-state index in [2.05, 4.69) is 20.3 Å². The molecule has 2 aliphatic rings. The van der Waals surface area contributed by atoms with Gasteiger partial charge in [-0.1, -0.05) is 18.6 Å². The second-order valence-corrected chi connectivity index (χ2v) is 11.7. The summed E-state index contributed by atoms with van der Waals surface area (Å²) in [5.41, 5.74) is 2.19. The predicted molar refractivity (Wildman–Crippen MR) is 140 cm³/mol. The summed E-state index contributed by atoms with van der Waals surface area (Å²) in [7, 11) is -4.00. The fraction of sp³-hybridized carbons (Fsp3) is 0.296. The molecule has 1 fully saturated rings. The van der Waals surface area contributed by atoms with Crippen LogP contribution in [0.4, 0.5) is 4.39 Å². The first-order valence-corrected chi connectivity index (χ1v) is 14.2. The van der Waals surface area contributed by atoms with Crippen molar-refractivity contribution in [2.24, 2.45) is 5.41 Å². The maximum absolute atomic E-state index is 14.2. The van der Waals surface area contributed by atoms with Gasteiger partial charge in [0.05, 0.1) is 35.7 Å². The van der Waals surface area contributed by atoms with E-state index in [9.17, 15) is 17.6 Å². The maximum Gasteiger partial charge on any atom is 0.264 e. The van der Waals surface area contributed by atoms with Gasteiger partial charge in [0.15, 0.2) is 5.78 Å². The number of halogens is 1. The molecule has 0 radical (unpaired) electrons. The first-order chi connectivity index (χ1) is 18.8. The average molecular weight is 548 g/mol. The second kappa shape index (κ2) is 9.62. The third-order valence-corrected chi connectivity index (χ3v) is 9.03. The average Bonchev–Trinajstić information content (AvgIpc) is 3.59. The molecule has 39 heavy (non-hydrogen) atoms. The van der Waals surface area contributed by atoms with E-state index in [0.29, 0.717) is 18.7 Å². The van der Waals surface area contributed by atoms with Crippen molar-refractivity contribution in [3.63, 3.8) is 0 Å². The fourth-order valence-corrected chi connectivity index (χ4v) is 6.76. The molecule has 0 bridgehead atoms. The Labute approximate surface area is 224 Å².